The number of anilines is 1. The Bertz CT molecular complexity index is 663. The van der Waals surface area contributed by atoms with Crippen LogP contribution in [0.25, 0.3) is 0 Å². The second kappa shape index (κ2) is 5.31. The van der Waals surface area contributed by atoms with Crippen molar-refractivity contribution in [1.29, 1.82) is 0 Å². The van der Waals surface area contributed by atoms with Gasteiger partial charge >= 0.3 is 0 Å². The van der Waals surface area contributed by atoms with Gasteiger partial charge in [0.05, 0.1) is 5.92 Å². The van der Waals surface area contributed by atoms with Crippen LogP contribution in [0.3, 0.4) is 0 Å². The van der Waals surface area contributed by atoms with Gasteiger partial charge in [0.15, 0.2) is 5.82 Å². The summed E-state index contributed by atoms with van der Waals surface area (Å²) in [6.07, 6.45) is 0.424. The Kier molecular flexibility index (Phi) is 3.49. The first-order chi connectivity index (χ1) is 10.0. The van der Waals surface area contributed by atoms with Crippen molar-refractivity contribution in [3.63, 3.8) is 0 Å². The summed E-state index contributed by atoms with van der Waals surface area (Å²) in [5.41, 5.74) is 2.18. The van der Waals surface area contributed by atoms with E-state index in [1.807, 2.05) is 17.0 Å². The predicted octanol–water partition coefficient (Wildman–Crippen LogP) is 3.02. The van der Waals surface area contributed by atoms with Gasteiger partial charge in [0.25, 0.3) is 0 Å². The molecule has 0 N–H and O–H groups in total. The molecule has 1 aromatic carbocycles. The average Bonchev–Trinajstić information content (AvgIpc) is 3.05. The molecule has 0 saturated carbocycles. The van der Waals surface area contributed by atoms with E-state index in [1.165, 1.54) is 5.56 Å². The molecule has 1 unspecified atom stereocenters. The SMILES string of the molecule is Cc1noc(C2CC(=O)N(c3cccc(C(C)C)c3)C2)n1. The van der Waals surface area contributed by atoms with E-state index in [-0.39, 0.29) is 11.8 Å². The van der Waals surface area contributed by atoms with Gasteiger partial charge in [0, 0.05) is 18.7 Å². The van der Waals surface area contributed by atoms with Crippen molar-refractivity contribution in [1.82, 2.24) is 10.1 Å². The number of hydrogen-bond donors (Lipinski definition) is 0. The van der Waals surface area contributed by atoms with E-state index in [9.17, 15) is 4.79 Å². The van der Waals surface area contributed by atoms with Gasteiger partial charge in [-0.05, 0) is 30.5 Å². The molecule has 110 valence electrons. The van der Waals surface area contributed by atoms with Crippen LogP contribution in [-0.2, 0) is 4.79 Å². The van der Waals surface area contributed by atoms with Gasteiger partial charge in [0.2, 0.25) is 11.8 Å². The van der Waals surface area contributed by atoms with Crippen LogP contribution in [0.2, 0.25) is 0 Å². The number of carbonyl (C=O) groups is 1. The highest BCUT2D eigenvalue weighted by Crippen LogP contribution is 2.32. The second-order valence-corrected chi connectivity index (χ2v) is 5.83. The van der Waals surface area contributed by atoms with Gasteiger partial charge in [-0.2, -0.15) is 4.98 Å². The fourth-order valence-corrected chi connectivity index (χ4v) is 2.65. The predicted molar refractivity (Wildman–Crippen MR) is 79.3 cm³/mol. The highest BCUT2D eigenvalue weighted by atomic mass is 16.5. The summed E-state index contributed by atoms with van der Waals surface area (Å²) in [6, 6.07) is 8.16. The maximum absolute atomic E-state index is 12.3. The summed E-state index contributed by atoms with van der Waals surface area (Å²) in [7, 11) is 0. The number of carbonyl (C=O) groups excluding carboxylic acids is 1. The average molecular weight is 285 g/mol. The summed E-state index contributed by atoms with van der Waals surface area (Å²) in [4.78, 5) is 18.3. The number of hydrogen-bond acceptors (Lipinski definition) is 4. The molecule has 1 fully saturated rings. The zero-order chi connectivity index (χ0) is 15.0. The molecule has 5 nitrogen and oxygen atoms in total. The minimum absolute atomic E-state index is 0.0126. The van der Waals surface area contributed by atoms with Crippen LogP contribution >= 0.6 is 0 Å². The molecule has 1 amide bonds. The fourth-order valence-electron chi connectivity index (χ4n) is 2.65. The van der Waals surface area contributed by atoms with Gasteiger partial charge < -0.3 is 9.42 Å². The van der Waals surface area contributed by atoms with Crippen LogP contribution in [0.1, 0.15) is 49.4 Å². The first-order valence-corrected chi connectivity index (χ1v) is 7.25. The number of aromatic nitrogens is 2. The normalized spacial score (nSPS) is 18.8. The lowest BCUT2D eigenvalue weighted by molar-refractivity contribution is -0.117. The quantitative estimate of drug-likeness (QED) is 0.869. The van der Waals surface area contributed by atoms with E-state index in [0.717, 1.165) is 5.69 Å². The minimum Gasteiger partial charge on any atom is -0.339 e. The van der Waals surface area contributed by atoms with Crippen molar-refractivity contribution in [2.75, 3.05) is 11.4 Å². The van der Waals surface area contributed by atoms with E-state index in [1.54, 1.807) is 6.92 Å². The minimum atomic E-state index is -0.0126. The van der Waals surface area contributed by atoms with Crippen molar-refractivity contribution >= 4 is 11.6 Å². The van der Waals surface area contributed by atoms with E-state index in [2.05, 4.69) is 36.1 Å². The smallest absolute Gasteiger partial charge is 0.232 e. The summed E-state index contributed by atoms with van der Waals surface area (Å²) in [5, 5.41) is 3.81. The first-order valence-electron chi connectivity index (χ1n) is 7.25. The lowest BCUT2D eigenvalue weighted by Crippen LogP contribution is -2.24. The van der Waals surface area contributed by atoms with Crippen LogP contribution in [0.15, 0.2) is 28.8 Å². The Morgan fingerprint density at radius 1 is 1.38 bits per heavy atom. The summed E-state index contributed by atoms with van der Waals surface area (Å²) in [5.74, 6) is 1.70. The van der Waals surface area contributed by atoms with Gasteiger partial charge in [0.1, 0.15) is 0 Å². The van der Waals surface area contributed by atoms with Gasteiger partial charge in [-0.1, -0.05) is 31.1 Å². The second-order valence-electron chi connectivity index (χ2n) is 5.83. The Hall–Kier alpha value is -2.17. The molecular weight excluding hydrogens is 266 g/mol. The molecule has 1 atom stereocenters. The Morgan fingerprint density at radius 2 is 2.19 bits per heavy atom. The molecule has 3 rings (SSSR count). The molecule has 2 heterocycles. The molecule has 1 aromatic heterocycles. The van der Waals surface area contributed by atoms with Gasteiger partial charge in [-0.3, -0.25) is 4.79 Å². The fraction of sp³-hybridized carbons (Fsp3) is 0.438. The Balaban J connectivity index is 1.83. The summed E-state index contributed by atoms with van der Waals surface area (Å²) >= 11 is 0. The number of amides is 1. The van der Waals surface area contributed by atoms with Crippen molar-refractivity contribution in [2.24, 2.45) is 0 Å². The van der Waals surface area contributed by atoms with Crippen molar-refractivity contribution in [3.05, 3.63) is 41.5 Å². The molecule has 0 aliphatic carbocycles. The third-order valence-corrected chi connectivity index (χ3v) is 3.87. The molecule has 0 spiro atoms. The summed E-state index contributed by atoms with van der Waals surface area (Å²) in [6.45, 7) is 6.68. The molecule has 0 bridgehead atoms. The molecule has 2 aromatic rings. The molecule has 1 aliphatic rings. The Labute approximate surface area is 124 Å². The topological polar surface area (TPSA) is 59.2 Å². The van der Waals surface area contributed by atoms with Gasteiger partial charge in [-0.25, -0.2) is 0 Å². The number of rotatable bonds is 3. The standard InChI is InChI=1S/C16H19N3O2/c1-10(2)12-5-4-6-14(7-12)19-9-13(8-15(19)20)16-17-11(3)18-21-16/h4-7,10,13H,8-9H2,1-3H3. The maximum atomic E-state index is 12.3. The molecule has 0 radical (unpaired) electrons. The number of aryl methyl sites for hydroxylation is 1. The molecular formula is C16H19N3O2. The van der Waals surface area contributed by atoms with E-state index in [0.29, 0.717) is 30.6 Å². The molecule has 1 aliphatic heterocycles. The number of nitrogens with zero attached hydrogens (tertiary/aromatic N) is 3. The highest BCUT2D eigenvalue weighted by Gasteiger charge is 2.35. The third kappa shape index (κ3) is 2.68. The number of benzene rings is 1. The zero-order valence-electron chi connectivity index (χ0n) is 12.5. The third-order valence-electron chi connectivity index (χ3n) is 3.87. The van der Waals surface area contributed by atoms with Crippen molar-refractivity contribution in [3.8, 4) is 0 Å². The lowest BCUT2D eigenvalue weighted by Gasteiger charge is -2.18. The zero-order valence-corrected chi connectivity index (χ0v) is 12.5. The molecule has 1 saturated heterocycles. The monoisotopic (exact) mass is 285 g/mol. The highest BCUT2D eigenvalue weighted by molar-refractivity contribution is 5.96. The van der Waals surface area contributed by atoms with E-state index in [4.69, 9.17) is 4.52 Å². The van der Waals surface area contributed by atoms with Crippen LogP contribution in [-0.4, -0.2) is 22.6 Å². The van der Waals surface area contributed by atoms with Crippen LogP contribution in [0, 0.1) is 6.92 Å². The summed E-state index contributed by atoms with van der Waals surface area (Å²) < 4.78 is 5.20. The van der Waals surface area contributed by atoms with E-state index >= 15 is 0 Å². The van der Waals surface area contributed by atoms with Gasteiger partial charge in [-0.15, -0.1) is 0 Å². The molecule has 5 heteroatoms. The van der Waals surface area contributed by atoms with Crippen molar-refractivity contribution < 1.29 is 9.32 Å². The first kappa shape index (κ1) is 13.8. The van der Waals surface area contributed by atoms with Crippen LogP contribution in [0.4, 0.5) is 5.69 Å². The largest absolute Gasteiger partial charge is 0.339 e. The van der Waals surface area contributed by atoms with Crippen molar-refractivity contribution in [2.45, 2.75) is 39.0 Å². The van der Waals surface area contributed by atoms with Crippen LogP contribution < -0.4 is 4.90 Å². The molecule has 21 heavy (non-hydrogen) atoms. The lowest BCUT2D eigenvalue weighted by atomic mass is 10.0. The maximum Gasteiger partial charge on any atom is 0.232 e. The Morgan fingerprint density at radius 3 is 2.86 bits per heavy atom. The van der Waals surface area contributed by atoms with E-state index < -0.39 is 0 Å². The van der Waals surface area contributed by atoms with Crippen LogP contribution in [0.5, 0.6) is 0 Å².